The first-order valence-corrected chi connectivity index (χ1v) is 14.8. The van der Waals surface area contributed by atoms with Crippen molar-refractivity contribution in [1.29, 1.82) is 0 Å². The Hall–Kier alpha value is -3.27. The van der Waals surface area contributed by atoms with Crippen LogP contribution in [0.25, 0.3) is 0 Å². The van der Waals surface area contributed by atoms with Crippen molar-refractivity contribution in [3.8, 4) is 0 Å². The number of nitrogens with zero attached hydrogens (tertiary/aromatic N) is 2. The summed E-state index contributed by atoms with van der Waals surface area (Å²) in [5.74, 6) is -0.386. The number of ether oxygens (including phenoxy) is 2. The molecule has 0 saturated carbocycles. The number of nitrogens with two attached hydrogens (primary N) is 1. The van der Waals surface area contributed by atoms with Crippen LogP contribution in [-0.4, -0.2) is 92.3 Å². The molecule has 2 amide bonds. The molecule has 2 atom stereocenters. The average Bonchev–Trinajstić information content (AvgIpc) is 3.01. The van der Waals surface area contributed by atoms with Crippen molar-refractivity contribution in [2.75, 3.05) is 58.4 Å². The van der Waals surface area contributed by atoms with Crippen LogP contribution in [0.2, 0.25) is 0 Å². The molecule has 2 heterocycles. The van der Waals surface area contributed by atoms with E-state index < -0.39 is 12.0 Å². The molecule has 2 fully saturated rings. The second kappa shape index (κ2) is 14.1. The number of piperidine rings is 1. The summed E-state index contributed by atoms with van der Waals surface area (Å²) in [7, 11) is 1.33. The van der Waals surface area contributed by atoms with Gasteiger partial charge in [-0.05, 0) is 61.2 Å². The lowest BCUT2D eigenvalue weighted by atomic mass is 9.86. The number of likely N-dealkylation sites (tertiary alicyclic amines) is 1. The first-order valence-electron chi connectivity index (χ1n) is 14.8. The van der Waals surface area contributed by atoms with E-state index in [9.17, 15) is 14.4 Å². The molecule has 2 aliphatic rings. The monoisotopic (exact) mass is 565 g/mol. The maximum Gasteiger partial charge on any atom is 0.337 e. The molecule has 41 heavy (non-hydrogen) atoms. The van der Waals surface area contributed by atoms with E-state index in [2.05, 4.69) is 25.2 Å². The third kappa shape index (κ3) is 7.52. The van der Waals surface area contributed by atoms with Crippen molar-refractivity contribution >= 4 is 23.5 Å². The Morgan fingerprint density at radius 3 is 2.37 bits per heavy atom. The molecule has 0 radical (unpaired) electrons. The van der Waals surface area contributed by atoms with Crippen LogP contribution < -0.4 is 11.1 Å². The third-order valence-electron chi connectivity index (χ3n) is 8.89. The predicted molar refractivity (Wildman–Crippen MR) is 159 cm³/mol. The van der Waals surface area contributed by atoms with Crippen molar-refractivity contribution in [2.45, 2.75) is 51.6 Å². The number of methoxy groups -OCH3 is 1. The van der Waals surface area contributed by atoms with Gasteiger partial charge < -0.3 is 29.9 Å². The minimum atomic E-state index is -0.441. The number of hydrogen-bond donors (Lipinski definition) is 2. The van der Waals surface area contributed by atoms with Crippen LogP contribution in [-0.2, 0) is 20.7 Å². The van der Waals surface area contributed by atoms with Crippen LogP contribution in [0.3, 0.4) is 0 Å². The van der Waals surface area contributed by atoms with E-state index in [1.165, 1.54) is 12.7 Å². The number of esters is 1. The Kier molecular flexibility index (Phi) is 10.5. The van der Waals surface area contributed by atoms with Crippen LogP contribution >= 0.6 is 0 Å². The van der Waals surface area contributed by atoms with Gasteiger partial charge in [-0.1, -0.05) is 19.1 Å². The molecule has 4 rings (SSSR count). The Labute approximate surface area is 243 Å². The van der Waals surface area contributed by atoms with Gasteiger partial charge in [0.2, 0.25) is 5.91 Å². The largest absolute Gasteiger partial charge is 0.465 e. The number of anilines is 1. The standard InChI is InChI=1S/C32H44N4O5/c1-4-16-36(17-12-25(13-18-36)29(33)31(38)35-14-19-41-20-15-35)23(2)21-24-6-5-7-28(22-24)34-30(37)26-8-10-27(11-9-26)32(39)40-3/h5-11,22-23,25,29H,4,12-21,33H2,1-3H3/p+1. The van der Waals surface area contributed by atoms with Crippen molar-refractivity contribution in [2.24, 2.45) is 11.7 Å². The van der Waals surface area contributed by atoms with Crippen molar-refractivity contribution < 1.29 is 28.3 Å². The summed E-state index contributed by atoms with van der Waals surface area (Å²) in [5, 5.41) is 2.99. The molecular weight excluding hydrogens is 520 g/mol. The fourth-order valence-electron chi connectivity index (χ4n) is 6.38. The van der Waals surface area contributed by atoms with Crippen LogP contribution in [0, 0.1) is 5.92 Å². The molecule has 3 N–H and O–H groups in total. The molecule has 2 saturated heterocycles. The Bertz CT molecular complexity index is 1190. The number of benzene rings is 2. The van der Waals surface area contributed by atoms with Crippen molar-refractivity contribution in [3.05, 3.63) is 65.2 Å². The lowest BCUT2D eigenvalue weighted by Crippen LogP contribution is -2.61. The maximum absolute atomic E-state index is 13.0. The Balaban J connectivity index is 1.36. The summed E-state index contributed by atoms with van der Waals surface area (Å²) >= 11 is 0. The summed E-state index contributed by atoms with van der Waals surface area (Å²) in [6.45, 7) is 10.1. The van der Waals surface area contributed by atoms with Gasteiger partial charge in [0, 0.05) is 43.6 Å². The minimum Gasteiger partial charge on any atom is -0.465 e. The molecule has 9 heteroatoms. The number of nitrogens with one attached hydrogen (secondary N) is 1. The molecule has 0 aliphatic carbocycles. The number of hydrogen-bond acceptors (Lipinski definition) is 6. The highest BCUT2D eigenvalue weighted by atomic mass is 16.5. The smallest absolute Gasteiger partial charge is 0.337 e. The average molecular weight is 566 g/mol. The predicted octanol–water partition coefficient (Wildman–Crippen LogP) is 3.48. The number of morpholine rings is 1. The van der Waals surface area contributed by atoms with Gasteiger partial charge in [-0.3, -0.25) is 9.59 Å². The Morgan fingerprint density at radius 2 is 1.73 bits per heavy atom. The number of carbonyl (C=O) groups excluding carboxylic acids is 3. The molecule has 2 aromatic carbocycles. The van der Waals surface area contributed by atoms with Gasteiger partial charge in [-0.15, -0.1) is 0 Å². The topological polar surface area (TPSA) is 111 Å². The first kappa shape index (κ1) is 30.7. The maximum atomic E-state index is 13.0. The molecule has 9 nitrogen and oxygen atoms in total. The Morgan fingerprint density at radius 1 is 1.07 bits per heavy atom. The number of rotatable bonds is 10. The SMILES string of the molecule is CCC[N+]1(C(C)Cc2cccc(NC(=O)c3ccc(C(=O)OC)cc3)c2)CCC(C(N)C(=O)N2CCOCC2)CC1. The number of carbonyl (C=O) groups is 3. The summed E-state index contributed by atoms with van der Waals surface area (Å²) in [4.78, 5) is 39.4. The zero-order valence-corrected chi connectivity index (χ0v) is 24.6. The third-order valence-corrected chi connectivity index (χ3v) is 8.89. The number of quaternary nitrogens is 1. The molecule has 222 valence electrons. The van der Waals surface area contributed by atoms with Gasteiger partial charge in [-0.25, -0.2) is 4.79 Å². The van der Waals surface area contributed by atoms with E-state index in [1.807, 2.05) is 23.1 Å². The highest BCUT2D eigenvalue weighted by Gasteiger charge is 2.41. The number of amides is 2. The molecule has 0 spiro atoms. The minimum absolute atomic E-state index is 0.0695. The molecule has 2 aromatic rings. The normalized spacial score (nSPS) is 22.4. The van der Waals surface area contributed by atoms with E-state index >= 15 is 0 Å². The quantitative estimate of drug-likeness (QED) is 0.337. The molecular formula is C32H45N4O5+. The molecule has 0 bridgehead atoms. The fraction of sp³-hybridized carbons (Fsp3) is 0.531. The lowest BCUT2D eigenvalue weighted by Gasteiger charge is -2.49. The van der Waals surface area contributed by atoms with E-state index in [-0.39, 0.29) is 17.7 Å². The molecule has 2 unspecified atom stereocenters. The lowest BCUT2D eigenvalue weighted by molar-refractivity contribution is -0.954. The van der Waals surface area contributed by atoms with Gasteiger partial charge in [0.15, 0.2) is 0 Å². The summed E-state index contributed by atoms with van der Waals surface area (Å²) < 4.78 is 11.1. The summed E-state index contributed by atoms with van der Waals surface area (Å²) in [6.07, 6.45) is 3.89. The zero-order chi connectivity index (χ0) is 29.4. The summed E-state index contributed by atoms with van der Waals surface area (Å²) in [5.41, 5.74) is 9.30. The summed E-state index contributed by atoms with van der Waals surface area (Å²) in [6, 6.07) is 14.4. The second-order valence-corrected chi connectivity index (χ2v) is 11.5. The highest BCUT2D eigenvalue weighted by molar-refractivity contribution is 6.04. The van der Waals surface area contributed by atoms with Crippen LogP contribution in [0.5, 0.6) is 0 Å². The van der Waals surface area contributed by atoms with Gasteiger partial charge in [0.25, 0.3) is 5.91 Å². The molecule has 0 aromatic heterocycles. The van der Waals surface area contributed by atoms with Crippen LogP contribution in [0.1, 0.15) is 59.4 Å². The van der Waals surface area contributed by atoms with Gasteiger partial charge >= 0.3 is 5.97 Å². The van der Waals surface area contributed by atoms with Crippen LogP contribution in [0.15, 0.2) is 48.5 Å². The van der Waals surface area contributed by atoms with E-state index in [0.717, 1.165) is 55.5 Å². The van der Waals surface area contributed by atoms with Gasteiger partial charge in [0.05, 0.1) is 57.6 Å². The van der Waals surface area contributed by atoms with E-state index in [0.29, 0.717) is 43.5 Å². The van der Waals surface area contributed by atoms with E-state index in [4.69, 9.17) is 15.2 Å². The van der Waals surface area contributed by atoms with E-state index in [1.54, 1.807) is 24.3 Å². The first-order chi connectivity index (χ1) is 19.8. The molecule has 2 aliphatic heterocycles. The van der Waals surface area contributed by atoms with Crippen molar-refractivity contribution in [1.82, 2.24) is 4.90 Å². The van der Waals surface area contributed by atoms with Crippen molar-refractivity contribution in [3.63, 3.8) is 0 Å². The second-order valence-electron chi connectivity index (χ2n) is 11.5. The fourth-order valence-corrected chi connectivity index (χ4v) is 6.38. The van der Waals surface area contributed by atoms with Crippen LogP contribution in [0.4, 0.5) is 5.69 Å². The van der Waals surface area contributed by atoms with Gasteiger partial charge in [-0.2, -0.15) is 0 Å². The van der Waals surface area contributed by atoms with Gasteiger partial charge in [0.1, 0.15) is 0 Å². The highest BCUT2D eigenvalue weighted by Crippen LogP contribution is 2.31. The zero-order valence-electron chi connectivity index (χ0n) is 24.6.